The molecule has 3 amide bonds. The lowest BCUT2D eigenvalue weighted by Crippen LogP contribution is -2.38. The van der Waals surface area contributed by atoms with Crippen LogP contribution in [0.2, 0.25) is 0 Å². The Morgan fingerprint density at radius 2 is 2.17 bits per heavy atom. The van der Waals surface area contributed by atoms with Crippen molar-refractivity contribution in [3.05, 3.63) is 46.2 Å². The van der Waals surface area contributed by atoms with E-state index in [2.05, 4.69) is 10.6 Å². The lowest BCUT2D eigenvalue weighted by Gasteiger charge is -2.18. The third-order valence-electron chi connectivity index (χ3n) is 4.18. The van der Waals surface area contributed by atoms with Crippen molar-refractivity contribution in [1.29, 1.82) is 0 Å². The first-order valence-corrected chi connectivity index (χ1v) is 9.00. The summed E-state index contributed by atoms with van der Waals surface area (Å²) in [6.45, 7) is 5.07. The number of anilines is 2. The van der Waals surface area contributed by atoms with Gasteiger partial charge in [-0.25, -0.2) is 4.79 Å². The molecule has 126 valence electrons. The molecule has 1 unspecified atom stereocenters. The predicted octanol–water partition coefficient (Wildman–Crippen LogP) is 3.58. The molecular formula is C18H21N3O2S. The number of urea groups is 1. The molecular weight excluding hydrogens is 322 g/mol. The molecule has 0 saturated heterocycles. The van der Waals surface area contributed by atoms with Crippen LogP contribution in [-0.2, 0) is 11.2 Å². The Bertz CT molecular complexity index is 743. The predicted molar refractivity (Wildman–Crippen MR) is 97.9 cm³/mol. The van der Waals surface area contributed by atoms with E-state index in [1.165, 1.54) is 0 Å². The summed E-state index contributed by atoms with van der Waals surface area (Å²) < 4.78 is 0. The highest BCUT2D eigenvalue weighted by molar-refractivity contribution is 7.10. The Labute approximate surface area is 145 Å². The molecule has 0 fully saturated rings. The maximum atomic E-state index is 12.4. The summed E-state index contributed by atoms with van der Waals surface area (Å²) in [6, 6.07) is 9.60. The van der Waals surface area contributed by atoms with Gasteiger partial charge in [-0.1, -0.05) is 12.1 Å². The van der Waals surface area contributed by atoms with Gasteiger partial charge in [0.15, 0.2) is 0 Å². The van der Waals surface area contributed by atoms with Gasteiger partial charge in [0.25, 0.3) is 0 Å². The smallest absolute Gasteiger partial charge is 0.321 e. The van der Waals surface area contributed by atoms with E-state index < -0.39 is 0 Å². The summed E-state index contributed by atoms with van der Waals surface area (Å²) in [4.78, 5) is 27.3. The Balaban J connectivity index is 1.75. The number of amides is 3. The van der Waals surface area contributed by atoms with Crippen LogP contribution in [0, 0.1) is 0 Å². The van der Waals surface area contributed by atoms with Gasteiger partial charge in [-0.2, -0.15) is 0 Å². The molecule has 6 heteroatoms. The fourth-order valence-electron chi connectivity index (χ4n) is 2.83. The number of thiophene rings is 1. The second-order valence-corrected chi connectivity index (χ2v) is 6.79. The van der Waals surface area contributed by atoms with E-state index in [4.69, 9.17) is 0 Å². The molecule has 2 heterocycles. The summed E-state index contributed by atoms with van der Waals surface area (Å²) >= 11 is 1.58. The van der Waals surface area contributed by atoms with Gasteiger partial charge < -0.3 is 10.6 Å². The average molecular weight is 343 g/mol. The first-order chi connectivity index (χ1) is 11.6. The van der Waals surface area contributed by atoms with Crippen molar-refractivity contribution in [3.63, 3.8) is 0 Å². The molecule has 3 rings (SSSR count). The lowest BCUT2D eigenvalue weighted by atomic mass is 10.1. The Kier molecular flexibility index (Phi) is 4.85. The molecule has 0 spiro atoms. The second-order valence-electron chi connectivity index (χ2n) is 5.81. The zero-order valence-electron chi connectivity index (χ0n) is 13.8. The van der Waals surface area contributed by atoms with Crippen LogP contribution in [0.5, 0.6) is 0 Å². The largest absolute Gasteiger partial charge is 0.338 e. The van der Waals surface area contributed by atoms with Gasteiger partial charge in [-0.3, -0.25) is 9.69 Å². The third kappa shape index (κ3) is 3.28. The quantitative estimate of drug-likeness (QED) is 0.891. The van der Waals surface area contributed by atoms with Crippen LogP contribution < -0.4 is 15.5 Å². The Morgan fingerprint density at radius 1 is 1.33 bits per heavy atom. The number of fused-ring (bicyclic) bond motifs is 1. The summed E-state index contributed by atoms with van der Waals surface area (Å²) in [5.74, 6) is -0.238. The summed E-state index contributed by atoms with van der Waals surface area (Å²) in [5.41, 5.74) is 2.73. The van der Waals surface area contributed by atoms with E-state index in [1.807, 2.05) is 49.6 Å². The zero-order valence-corrected chi connectivity index (χ0v) is 14.7. The number of nitrogens with zero attached hydrogens (tertiary/aromatic N) is 1. The van der Waals surface area contributed by atoms with Crippen LogP contribution in [0.1, 0.15) is 30.2 Å². The minimum atomic E-state index is -0.197. The molecule has 0 aliphatic carbocycles. The van der Waals surface area contributed by atoms with E-state index in [-0.39, 0.29) is 17.9 Å². The third-order valence-corrected chi connectivity index (χ3v) is 5.24. The maximum absolute atomic E-state index is 12.4. The maximum Gasteiger partial charge on any atom is 0.321 e. The average Bonchev–Trinajstić information content (AvgIpc) is 3.23. The standard InChI is InChI=1S/C18H21N3O2S/c1-3-19-18(23)21-9-8-13-6-7-14(11-15(13)21)20-17(22)12(2)16-5-4-10-24-16/h4-7,10-12H,3,8-9H2,1-2H3,(H,19,23)(H,20,22). The number of hydrogen-bond donors (Lipinski definition) is 2. The Morgan fingerprint density at radius 3 is 2.88 bits per heavy atom. The molecule has 0 saturated carbocycles. The van der Waals surface area contributed by atoms with Gasteiger partial charge in [0.05, 0.1) is 11.6 Å². The molecule has 1 aliphatic rings. The van der Waals surface area contributed by atoms with Crippen molar-refractivity contribution in [2.45, 2.75) is 26.2 Å². The van der Waals surface area contributed by atoms with Crippen molar-refractivity contribution in [1.82, 2.24) is 5.32 Å². The van der Waals surface area contributed by atoms with E-state index in [0.717, 1.165) is 28.2 Å². The van der Waals surface area contributed by atoms with E-state index in [9.17, 15) is 9.59 Å². The lowest BCUT2D eigenvalue weighted by molar-refractivity contribution is -0.117. The van der Waals surface area contributed by atoms with Gasteiger partial charge in [-0.15, -0.1) is 11.3 Å². The highest BCUT2D eigenvalue weighted by Crippen LogP contribution is 2.31. The SMILES string of the molecule is CCNC(=O)N1CCc2ccc(NC(=O)C(C)c3cccs3)cc21. The van der Waals surface area contributed by atoms with Gasteiger partial charge in [-0.05, 0) is 49.4 Å². The minimum absolute atomic E-state index is 0.0417. The van der Waals surface area contributed by atoms with Crippen molar-refractivity contribution in [2.75, 3.05) is 23.3 Å². The molecule has 24 heavy (non-hydrogen) atoms. The van der Waals surface area contributed by atoms with Crippen molar-refractivity contribution in [3.8, 4) is 0 Å². The van der Waals surface area contributed by atoms with E-state index >= 15 is 0 Å². The van der Waals surface area contributed by atoms with Gasteiger partial charge >= 0.3 is 6.03 Å². The van der Waals surface area contributed by atoms with Crippen LogP contribution in [0.3, 0.4) is 0 Å². The van der Waals surface area contributed by atoms with Gasteiger partial charge in [0, 0.05) is 23.7 Å². The number of nitrogens with one attached hydrogen (secondary N) is 2. The van der Waals surface area contributed by atoms with Gasteiger partial charge in [0.1, 0.15) is 0 Å². The first kappa shape index (κ1) is 16.5. The minimum Gasteiger partial charge on any atom is -0.338 e. The topological polar surface area (TPSA) is 61.4 Å². The van der Waals surface area contributed by atoms with Crippen LogP contribution >= 0.6 is 11.3 Å². The normalized spacial score (nSPS) is 14.2. The molecule has 0 bridgehead atoms. The Hall–Kier alpha value is -2.34. The number of carbonyl (C=O) groups is 2. The number of rotatable bonds is 4. The molecule has 2 N–H and O–H groups in total. The molecule has 2 aromatic rings. The number of hydrogen-bond acceptors (Lipinski definition) is 3. The highest BCUT2D eigenvalue weighted by atomic mass is 32.1. The molecule has 1 atom stereocenters. The molecule has 1 aliphatic heterocycles. The van der Waals surface area contributed by atoms with Crippen LogP contribution in [0.15, 0.2) is 35.7 Å². The summed E-state index contributed by atoms with van der Waals surface area (Å²) in [6.07, 6.45) is 0.840. The van der Waals surface area contributed by atoms with Crippen molar-refractivity contribution >= 4 is 34.6 Å². The van der Waals surface area contributed by atoms with Gasteiger partial charge in [0.2, 0.25) is 5.91 Å². The van der Waals surface area contributed by atoms with Crippen LogP contribution in [-0.4, -0.2) is 25.0 Å². The summed E-state index contributed by atoms with van der Waals surface area (Å²) in [7, 11) is 0. The molecule has 0 radical (unpaired) electrons. The highest BCUT2D eigenvalue weighted by Gasteiger charge is 2.25. The van der Waals surface area contributed by atoms with E-state index in [0.29, 0.717) is 13.1 Å². The molecule has 1 aromatic heterocycles. The zero-order chi connectivity index (χ0) is 17.1. The van der Waals surface area contributed by atoms with Crippen LogP contribution in [0.4, 0.5) is 16.2 Å². The first-order valence-electron chi connectivity index (χ1n) is 8.12. The van der Waals surface area contributed by atoms with Crippen molar-refractivity contribution < 1.29 is 9.59 Å². The van der Waals surface area contributed by atoms with E-state index in [1.54, 1.807) is 16.2 Å². The fourth-order valence-corrected chi connectivity index (χ4v) is 3.61. The molecule has 1 aromatic carbocycles. The molecule has 5 nitrogen and oxygen atoms in total. The number of carbonyl (C=O) groups excluding carboxylic acids is 2. The summed E-state index contributed by atoms with van der Waals surface area (Å²) in [5, 5.41) is 7.76. The fraction of sp³-hybridized carbons (Fsp3) is 0.333. The van der Waals surface area contributed by atoms with Crippen LogP contribution in [0.25, 0.3) is 0 Å². The monoisotopic (exact) mass is 343 g/mol. The van der Waals surface area contributed by atoms with Crippen molar-refractivity contribution in [2.24, 2.45) is 0 Å². The second kappa shape index (κ2) is 7.05. The number of benzene rings is 1.